The number of anilines is 1. The molecule has 1 aromatic carbocycles. The van der Waals surface area contributed by atoms with Gasteiger partial charge in [-0.1, -0.05) is 12.1 Å². The molecule has 0 radical (unpaired) electrons. The molecule has 0 unspecified atom stereocenters. The summed E-state index contributed by atoms with van der Waals surface area (Å²) >= 11 is 0. The van der Waals surface area contributed by atoms with Crippen molar-refractivity contribution in [3.63, 3.8) is 0 Å². The van der Waals surface area contributed by atoms with Crippen molar-refractivity contribution in [2.45, 2.75) is 0 Å². The summed E-state index contributed by atoms with van der Waals surface area (Å²) in [5.41, 5.74) is 1.80. The molecule has 0 aliphatic carbocycles. The molecule has 0 spiro atoms. The molecule has 0 fully saturated rings. The highest BCUT2D eigenvalue weighted by molar-refractivity contribution is 6.03. The summed E-state index contributed by atoms with van der Waals surface area (Å²) in [4.78, 5) is 22.1. The van der Waals surface area contributed by atoms with Gasteiger partial charge < -0.3 is 10.4 Å². The molecule has 2 aromatic rings. The number of aromatic amines is 1. The van der Waals surface area contributed by atoms with Gasteiger partial charge in [-0.05, 0) is 23.8 Å². The predicted octanol–water partition coefficient (Wildman–Crippen LogP) is 1.76. The van der Waals surface area contributed by atoms with Crippen LogP contribution in [0.25, 0.3) is 6.08 Å². The summed E-state index contributed by atoms with van der Waals surface area (Å²) in [5.74, 6) is -1.26. The number of carbonyl (C=O) groups is 2. The van der Waals surface area contributed by atoms with E-state index in [1.807, 2.05) is 0 Å². The van der Waals surface area contributed by atoms with Crippen LogP contribution in [-0.2, 0) is 4.79 Å². The fourth-order valence-corrected chi connectivity index (χ4v) is 1.42. The third kappa shape index (κ3) is 3.53. The number of rotatable bonds is 4. The quantitative estimate of drug-likeness (QED) is 0.727. The number of carboxylic acid groups (broad SMARTS) is 1. The fourth-order valence-electron chi connectivity index (χ4n) is 1.42. The largest absolute Gasteiger partial charge is 0.478 e. The molecule has 0 saturated carbocycles. The van der Waals surface area contributed by atoms with Gasteiger partial charge in [0.1, 0.15) is 0 Å². The highest BCUT2D eigenvalue weighted by atomic mass is 16.4. The van der Waals surface area contributed by atoms with Gasteiger partial charge >= 0.3 is 5.97 Å². The molecule has 0 bridgehead atoms. The second-order valence-electron chi connectivity index (χ2n) is 3.73. The molecular weight excluding hydrogens is 246 g/mol. The second-order valence-corrected chi connectivity index (χ2v) is 3.73. The van der Waals surface area contributed by atoms with Crippen molar-refractivity contribution in [1.29, 1.82) is 0 Å². The lowest BCUT2D eigenvalue weighted by Crippen LogP contribution is -2.10. The maximum absolute atomic E-state index is 11.7. The number of aliphatic carboxylic acids is 1. The molecule has 6 nitrogen and oxygen atoms in total. The zero-order valence-electron chi connectivity index (χ0n) is 9.83. The van der Waals surface area contributed by atoms with Crippen LogP contribution in [0.1, 0.15) is 15.9 Å². The third-order valence-corrected chi connectivity index (χ3v) is 2.35. The Bertz CT molecular complexity index is 601. The summed E-state index contributed by atoms with van der Waals surface area (Å²) < 4.78 is 0. The van der Waals surface area contributed by atoms with E-state index in [9.17, 15) is 9.59 Å². The van der Waals surface area contributed by atoms with E-state index in [2.05, 4.69) is 15.5 Å². The Hall–Kier alpha value is -2.89. The molecule has 19 heavy (non-hydrogen) atoms. The Labute approximate surface area is 108 Å². The molecule has 3 N–H and O–H groups in total. The van der Waals surface area contributed by atoms with Crippen LogP contribution in [0.4, 0.5) is 5.69 Å². The van der Waals surface area contributed by atoms with E-state index in [0.29, 0.717) is 11.3 Å². The number of carboxylic acids is 1. The van der Waals surface area contributed by atoms with Gasteiger partial charge in [-0.15, -0.1) is 0 Å². The Morgan fingerprint density at radius 2 is 2.00 bits per heavy atom. The van der Waals surface area contributed by atoms with Crippen molar-refractivity contribution in [1.82, 2.24) is 10.2 Å². The highest BCUT2D eigenvalue weighted by Crippen LogP contribution is 2.12. The number of amides is 1. The number of nitrogens with one attached hydrogen (secondary N) is 2. The number of hydrogen-bond acceptors (Lipinski definition) is 3. The summed E-state index contributed by atoms with van der Waals surface area (Å²) in [5, 5.41) is 17.4. The maximum Gasteiger partial charge on any atom is 0.328 e. The predicted molar refractivity (Wildman–Crippen MR) is 69.7 cm³/mol. The van der Waals surface area contributed by atoms with Crippen molar-refractivity contribution in [3.05, 3.63) is 53.9 Å². The first-order chi connectivity index (χ1) is 9.15. The summed E-state index contributed by atoms with van der Waals surface area (Å²) in [6, 6.07) is 6.81. The van der Waals surface area contributed by atoms with Gasteiger partial charge in [0.15, 0.2) is 0 Å². The minimum absolute atomic E-state index is 0.262. The minimum atomic E-state index is -1.00. The van der Waals surface area contributed by atoms with E-state index in [0.717, 1.165) is 11.6 Å². The van der Waals surface area contributed by atoms with E-state index in [4.69, 9.17) is 5.11 Å². The molecule has 1 amide bonds. The molecule has 0 saturated heterocycles. The van der Waals surface area contributed by atoms with Gasteiger partial charge in [-0.25, -0.2) is 4.79 Å². The average Bonchev–Trinajstić information content (AvgIpc) is 2.92. The zero-order chi connectivity index (χ0) is 13.7. The van der Waals surface area contributed by atoms with E-state index >= 15 is 0 Å². The number of H-pyrrole nitrogens is 1. The monoisotopic (exact) mass is 257 g/mol. The van der Waals surface area contributed by atoms with Crippen LogP contribution in [0, 0.1) is 0 Å². The van der Waals surface area contributed by atoms with Crippen LogP contribution in [0.3, 0.4) is 0 Å². The molecule has 1 aromatic heterocycles. The van der Waals surface area contributed by atoms with Gasteiger partial charge in [-0.3, -0.25) is 9.89 Å². The first kappa shape index (κ1) is 12.6. The van der Waals surface area contributed by atoms with E-state index in [-0.39, 0.29) is 5.91 Å². The molecule has 0 aliphatic rings. The fraction of sp³-hybridized carbons (Fsp3) is 0. The number of aromatic nitrogens is 2. The van der Waals surface area contributed by atoms with Crippen LogP contribution in [0.15, 0.2) is 42.7 Å². The first-order valence-electron chi connectivity index (χ1n) is 5.46. The lowest BCUT2D eigenvalue weighted by molar-refractivity contribution is -0.131. The summed E-state index contributed by atoms with van der Waals surface area (Å²) in [7, 11) is 0. The van der Waals surface area contributed by atoms with Gasteiger partial charge in [0.05, 0.1) is 11.8 Å². The average molecular weight is 257 g/mol. The van der Waals surface area contributed by atoms with Gasteiger partial charge in [0.2, 0.25) is 0 Å². The van der Waals surface area contributed by atoms with Crippen LogP contribution >= 0.6 is 0 Å². The van der Waals surface area contributed by atoms with E-state index < -0.39 is 5.97 Å². The van der Waals surface area contributed by atoms with Gasteiger partial charge in [0, 0.05) is 18.0 Å². The number of benzene rings is 1. The van der Waals surface area contributed by atoms with Gasteiger partial charge in [-0.2, -0.15) is 5.10 Å². The van der Waals surface area contributed by atoms with E-state index in [1.54, 1.807) is 24.3 Å². The molecule has 96 valence electrons. The first-order valence-corrected chi connectivity index (χ1v) is 5.46. The molecular formula is C13H11N3O3. The van der Waals surface area contributed by atoms with Crippen LogP contribution < -0.4 is 5.32 Å². The topological polar surface area (TPSA) is 95.1 Å². The normalized spacial score (nSPS) is 10.5. The van der Waals surface area contributed by atoms with Crippen molar-refractivity contribution < 1.29 is 14.7 Å². The SMILES string of the molecule is O=C(O)/C=C/c1ccc(NC(=O)c2cn[nH]c2)cc1. The number of nitrogens with zero attached hydrogens (tertiary/aromatic N) is 1. The molecule has 1 heterocycles. The Kier molecular flexibility index (Phi) is 3.72. The van der Waals surface area contributed by atoms with Crippen molar-refractivity contribution in [2.24, 2.45) is 0 Å². The third-order valence-electron chi connectivity index (χ3n) is 2.35. The molecule has 2 rings (SSSR count). The van der Waals surface area contributed by atoms with E-state index in [1.165, 1.54) is 18.5 Å². The highest BCUT2D eigenvalue weighted by Gasteiger charge is 2.06. The smallest absolute Gasteiger partial charge is 0.328 e. The van der Waals surface area contributed by atoms with Crippen molar-refractivity contribution >= 4 is 23.6 Å². The minimum Gasteiger partial charge on any atom is -0.478 e. The standard InChI is InChI=1S/C13H11N3O3/c17-12(18)6-3-9-1-4-11(5-2-9)16-13(19)10-7-14-15-8-10/h1-8H,(H,14,15)(H,16,19)(H,17,18)/b6-3+. The lowest BCUT2D eigenvalue weighted by atomic mass is 10.2. The van der Waals surface area contributed by atoms with Gasteiger partial charge in [0.25, 0.3) is 5.91 Å². The van der Waals surface area contributed by atoms with Crippen molar-refractivity contribution in [2.75, 3.05) is 5.32 Å². The summed E-state index contributed by atoms with van der Waals surface area (Å²) in [6.45, 7) is 0. The second kappa shape index (κ2) is 5.63. The number of carbonyl (C=O) groups excluding carboxylic acids is 1. The van der Waals surface area contributed by atoms with Crippen molar-refractivity contribution in [3.8, 4) is 0 Å². The van der Waals surface area contributed by atoms with Crippen LogP contribution in [0.5, 0.6) is 0 Å². The lowest BCUT2D eigenvalue weighted by Gasteiger charge is -2.03. The molecule has 0 atom stereocenters. The van der Waals surface area contributed by atoms with Crippen LogP contribution in [0.2, 0.25) is 0 Å². The zero-order valence-corrected chi connectivity index (χ0v) is 9.83. The maximum atomic E-state index is 11.7. The Morgan fingerprint density at radius 1 is 1.26 bits per heavy atom. The molecule has 6 heteroatoms. The summed E-state index contributed by atoms with van der Waals surface area (Å²) in [6.07, 6.45) is 5.46. The Morgan fingerprint density at radius 3 is 2.58 bits per heavy atom. The molecule has 0 aliphatic heterocycles. The number of hydrogen-bond donors (Lipinski definition) is 3. The van der Waals surface area contributed by atoms with Crippen LogP contribution in [-0.4, -0.2) is 27.2 Å². The Balaban J connectivity index is 2.03.